The quantitative estimate of drug-likeness (QED) is 0.895. The number of hydrogen-bond donors (Lipinski definition) is 1. The van der Waals surface area contributed by atoms with Crippen LogP contribution in [-0.2, 0) is 0 Å². The number of carbonyl (C=O) groups is 1. The first kappa shape index (κ1) is 13.3. The molecular weight excluding hydrogens is 248 g/mol. The summed E-state index contributed by atoms with van der Waals surface area (Å²) in [5.41, 5.74) is 0.923. The van der Waals surface area contributed by atoms with Crippen LogP contribution < -0.4 is 19.5 Å². The lowest BCUT2D eigenvalue weighted by Gasteiger charge is -2.16. The zero-order chi connectivity index (χ0) is 14.0. The summed E-state index contributed by atoms with van der Waals surface area (Å²) in [6.07, 6.45) is 0. The van der Waals surface area contributed by atoms with Crippen molar-refractivity contribution < 1.29 is 19.0 Å². The van der Waals surface area contributed by atoms with E-state index in [1.807, 2.05) is 12.1 Å². The number of hydrogen-bond acceptors (Lipinski definition) is 4. The molecule has 2 amide bonds. The van der Waals surface area contributed by atoms with Crippen molar-refractivity contribution in [3.05, 3.63) is 17.7 Å². The standard InChI is InChI=1S/C13H18N2O4/c1-15-7-9(14-13(15)16)8-5-10(17-2)12(19-4)11(6-8)18-3/h5-6,9H,7H2,1-4H3,(H,14,16). The number of benzene rings is 1. The van der Waals surface area contributed by atoms with Gasteiger partial charge in [-0.15, -0.1) is 0 Å². The van der Waals surface area contributed by atoms with E-state index in [0.717, 1.165) is 5.56 Å². The van der Waals surface area contributed by atoms with Crippen LogP contribution >= 0.6 is 0 Å². The molecule has 1 N–H and O–H groups in total. The van der Waals surface area contributed by atoms with E-state index in [9.17, 15) is 4.79 Å². The van der Waals surface area contributed by atoms with Gasteiger partial charge >= 0.3 is 6.03 Å². The van der Waals surface area contributed by atoms with Gasteiger partial charge in [0.25, 0.3) is 0 Å². The highest BCUT2D eigenvalue weighted by Gasteiger charge is 2.28. The Hall–Kier alpha value is -2.11. The topological polar surface area (TPSA) is 60.0 Å². The Morgan fingerprint density at radius 3 is 2.11 bits per heavy atom. The van der Waals surface area contributed by atoms with Gasteiger partial charge in [-0.2, -0.15) is 0 Å². The zero-order valence-electron chi connectivity index (χ0n) is 11.5. The van der Waals surface area contributed by atoms with Gasteiger partial charge < -0.3 is 24.4 Å². The van der Waals surface area contributed by atoms with Gasteiger partial charge in [-0.1, -0.05) is 0 Å². The van der Waals surface area contributed by atoms with Gasteiger partial charge in [0.05, 0.1) is 27.4 Å². The summed E-state index contributed by atoms with van der Waals surface area (Å²) in [6.45, 7) is 0.609. The first-order valence-corrected chi connectivity index (χ1v) is 5.92. The molecule has 104 valence electrons. The number of nitrogens with one attached hydrogen (secondary N) is 1. The second-order valence-corrected chi connectivity index (χ2v) is 4.34. The lowest BCUT2D eigenvalue weighted by Crippen LogP contribution is -2.23. The second kappa shape index (κ2) is 5.26. The van der Waals surface area contributed by atoms with Crippen LogP contribution in [-0.4, -0.2) is 45.9 Å². The highest BCUT2D eigenvalue weighted by Crippen LogP contribution is 2.40. The molecule has 6 heteroatoms. The van der Waals surface area contributed by atoms with Crippen LogP contribution in [0.2, 0.25) is 0 Å². The Balaban J connectivity index is 2.39. The summed E-state index contributed by atoms with van der Waals surface area (Å²) >= 11 is 0. The second-order valence-electron chi connectivity index (χ2n) is 4.34. The van der Waals surface area contributed by atoms with E-state index in [4.69, 9.17) is 14.2 Å². The molecule has 0 spiro atoms. The predicted molar refractivity (Wildman–Crippen MR) is 70.0 cm³/mol. The molecule has 6 nitrogen and oxygen atoms in total. The first-order chi connectivity index (χ1) is 9.10. The van der Waals surface area contributed by atoms with Crippen LogP contribution in [0.15, 0.2) is 12.1 Å². The molecule has 19 heavy (non-hydrogen) atoms. The molecule has 0 bridgehead atoms. The number of urea groups is 1. The van der Waals surface area contributed by atoms with Crippen molar-refractivity contribution in [2.75, 3.05) is 34.9 Å². The summed E-state index contributed by atoms with van der Waals surface area (Å²) in [7, 11) is 6.46. The van der Waals surface area contributed by atoms with Crippen molar-refractivity contribution in [1.29, 1.82) is 0 Å². The minimum absolute atomic E-state index is 0.0776. The molecule has 1 aliphatic heterocycles. The molecule has 1 aromatic rings. The van der Waals surface area contributed by atoms with Crippen molar-refractivity contribution in [2.24, 2.45) is 0 Å². The lowest BCUT2D eigenvalue weighted by atomic mass is 10.1. The van der Waals surface area contributed by atoms with Crippen LogP contribution in [0.4, 0.5) is 4.79 Å². The molecule has 1 fully saturated rings. The first-order valence-electron chi connectivity index (χ1n) is 5.92. The van der Waals surface area contributed by atoms with Gasteiger partial charge in [0.2, 0.25) is 5.75 Å². The number of ether oxygens (including phenoxy) is 3. The zero-order valence-corrected chi connectivity index (χ0v) is 11.5. The summed E-state index contributed by atoms with van der Waals surface area (Å²) in [5.74, 6) is 1.72. The van der Waals surface area contributed by atoms with Gasteiger partial charge in [-0.25, -0.2) is 4.79 Å². The number of methoxy groups -OCH3 is 3. The smallest absolute Gasteiger partial charge is 0.317 e. The largest absolute Gasteiger partial charge is 0.493 e. The monoisotopic (exact) mass is 266 g/mol. The maximum Gasteiger partial charge on any atom is 0.317 e. The van der Waals surface area contributed by atoms with Crippen LogP contribution in [0.1, 0.15) is 11.6 Å². The molecule has 0 saturated carbocycles. The molecule has 0 aromatic heterocycles. The average molecular weight is 266 g/mol. The van der Waals surface area contributed by atoms with Gasteiger partial charge in [0.1, 0.15) is 0 Å². The molecule has 1 unspecified atom stereocenters. The fraction of sp³-hybridized carbons (Fsp3) is 0.462. The van der Waals surface area contributed by atoms with Crippen molar-refractivity contribution >= 4 is 6.03 Å². The van der Waals surface area contributed by atoms with E-state index in [1.54, 1.807) is 33.3 Å². The normalized spacial score (nSPS) is 18.2. The Bertz CT molecular complexity index is 465. The fourth-order valence-electron chi connectivity index (χ4n) is 2.15. The van der Waals surface area contributed by atoms with Crippen LogP contribution in [0.3, 0.4) is 0 Å². The summed E-state index contributed by atoms with van der Waals surface area (Å²) in [6, 6.07) is 3.54. The van der Waals surface area contributed by atoms with E-state index >= 15 is 0 Å². The third-order valence-electron chi connectivity index (χ3n) is 3.19. The van der Waals surface area contributed by atoms with Crippen LogP contribution in [0.25, 0.3) is 0 Å². The van der Waals surface area contributed by atoms with Gasteiger partial charge in [-0.05, 0) is 17.7 Å². The van der Waals surface area contributed by atoms with Crippen molar-refractivity contribution in [3.63, 3.8) is 0 Å². The van der Waals surface area contributed by atoms with Crippen molar-refractivity contribution in [2.45, 2.75) is 6.04 Å². The fourth-order valence-corrected chi connectivity index (χ4v) is 2.15. The van der Waals surface area contributed by atoms with E-state index in [0.29, 0.717) is 23.8 Å². The summed E-state index contributed by atoms with van der Waals surface area (Å²) in [5, 5.41) is 2.90. The molecule has 1 saturated heterocycles. The van der Waals surface area contributed by atoms with E-state index in [1.165, 1.54) is 0 Å². The molecule has 1 aliphatic rings. The third kappa shape index (κ3) is 2.38. The van der Waals surface area contributed by atoms with Gasteiger partial charge in [0.15, 0.2) is 11.5 Å². The number of amides is 2. The van der Waals surface area contributed by atoms with Gasteiger partial charge in [-0.3, -0.25) is 0 Å². The van der Waals surface area contributed by atoms with Crippen molar-refractivity contribution in [1.82, 2.24) is 10.2 Å². The Morgan fingerprint density at radius 1 is 1.16 bits per heavy atom. The SMILES string of the molecule is COc1cc(C2CN(C)C(=O)N2)cc(OC)c1OC. The maximum atomic E-state index is 11.5. The maximum absolute atomic E-state index is 11.5. The molecule has 1 aromatic carbocycles. The lowest BCUT2D eigenvalue weighted by molar-refractivity contribution is 0.226. The Kier molecular flexibility index (Phi) is 3.69. The molecule has 1 heterocycles. The highest BCUT2D eigenvalue weighted by molar-refractivity contribution is 5.77. The third-order valence-corrected chi connectivity index (χ3v) is 3.19. The average Bonchev–Trinajstić information content (AvgIpc) is 2.76. The molecule has 0 aliphatic carbocycles. The van der Waals surface area contributed by atoms with Crippen LogP contribution in [0, 0.1) is 0 Å². The summed E-state index contributed by atoms with van der Waals surface area (Å²) < 4.78 is 15.9. The Morgan fingerprint density at radius 2 is 1.74 bits per heavy atom. The van der Waals surface area contributed by atoms with E-state index in [2.05, 4.69) is 5.32 Å². The number of nitrogens with zero attached hydrogens (tertiary/aromatic N) is 1. The molecule has 1 atom stereocenters. The van der Waals surface area contributed by atoms with Crippen LogP contribution in [0.5, 0.6) is 17.2 Å². The summed E-state index contributed by atoms with van der Waals surface area (Å²) in [4.78, 5) is 13.2. The minimum Gasteiger partial charge on any atom is -0.493 e. The molecular formula is C13H18N2O4. The van der Waals surface area contributed by atoms with E-state index in [-0.39, 0.29) is 12.1 Å². The van der Waals surface area contributed by atoms with Crippen molar-refractivity contribution in [3.8, 4) is 17.2 Å². The number of likely N-dealkylation sites (N-methyl/N-ethyl adjacent to an activating group) is 1. The molecule has 0 radical (unpaired) electrons. The highest BCUT2D eigenvalue weighted by atomic mass is 16.5. The predicted octanol–water partition coefficient (Wildman–Crippen LogP) is 1.41. The Labute approximate surface area is 112 Å². The van der Waals surface area contributed by atoms with Gasteiger partial charge in [0, 0.05) is 13.6 Å². The van der Waals surface area contributed by atoms with E-state index < -0.39 is 0 Å². The molecule has 2 rings (SSSR count). The minimum atomic E-state index is -0.0845. The number of rotatable bonds is 4. The number of carbonyl (C=O) groups excluding carboxylic acids is 1.